The summed E-state index contributed by atoms with van der Waals surface area (Å²) in [7, 11) is 0. The van der Waals surface area contributed by atoms with Crippen LogP contribution in [0.2, 0.25) is 0 Å². The minimum absolute atomic E-state index is 0. The smallest absolute Gasteiger partial charge is 1.00 e. The van der Waals surface area contributed by atoms with Gasteiger partial charge in [-0.2, -0.15) is 0 Å². The number of halogens is 1. The van der Waals surface area contributed by atoms with Crippen molar-refractivity contribution in [1.29, 1.82) is 0 Å². The average molecular weight is 139 g/mol. The molecule has 2 nitrogen and oxygen atoms in total. The molecule has 0 unspecified atom stereocenters. The molecule has 8 heavy (non-hydrogen) atoms. The van der Waals surface area contributed by atoms with Crippen molar-refractivity contribution in [3.63, 3.8) is 0 Å². The van der Waals surface area contributed by atoms with E-state index in [1.165, 1.54) is 6.33 Å². The molecule has 0 saturated carbocycles. The standard InChI is InChI=1S/C4H3N2.ClH.Mg/c1-2-5-4-6-3-1;;/h2-4H;1H;/q-1;;+2/p-1. The van der Waals surface area contributed by atoms with Gasteiger partial charge in [-0.25, -0.2) is 0 Å². The van der Waals surface area contributed by atoms with E-state index < -0.39 is 0 Å². The Bertz CT molecular complexity index is 86.0. The second kappa shape index (κ2) is 7.14. The van der Waals surface area contributed by atoms with E-state index in [0.717, 1.165) is 0 Å². The Labute approximate surface area is 70.3 Å². The van der Waals surface area contributed by atoms with Gasteiger partial charge in [-0.1, -0.05) is 0 Å². The van der Waals surface area contributed by atoms with Gasteiger partial charge >= 0.3 is 23.1 Å². The van der Waals surface area contributed by atoms with Gasteiger partial charge in [0.15, 0.2) is 0 Å². The minimum Gasteiger partial charge on any atom is -1.00 e. The van der Waals surface area contributed by atoms with Crippen molar-refractivity contribution in [3.8, 4) is 0 Å². The van der Waals surface area contributed by atoms with E-state index in [1.807, 2.05) is 0 Å². The first-order chi connectivity index (χ1) is 3.00. The van der Waals surface area contributed by atoms with Crippen LogP contribution in [0, 0.1) is 6.07 Å². The Balaban J connectivity index is 0. The summed E-state index contributed by atoms with van der Waals surface area (Å²) in [6.45, 7) is 0. The molecule has 1 rings (SSSR count). The quantitative estimate of drug-likeness (QED) is 0.281. The third-order valence-corrected chi connectivity index (χ3v) is 0.431. The normalized spacial score (nSPS) is 6.00. The fourth-order valence-electron chi connectivity index (χ4n) is 0.225. The van der Waals surface area contributed by atoms with Crippen LogP contribution < -0.4 is 12.4 Å². The molecular formula is C4H3ClMgN2. The monoisotopic (exact) mass is 138 g/mol. The molecular weight excluding hydrogens is 136 g/mol. The third-order valence-electron chi connectivity index (χ3n) is 0.431. The molecule has 0 N–H and O–H groups in total. The Hall–Kier alpha value is 0.136. The van der Waals surface area contributed by atoms with Crippen LogP contribution in [0.4, 0.5) is 0 Å². The molecule has 0 aromatic carbocycles. The van der Waals surface area contributed by atoms with E-state index in [2.05, 4.69) is 16.0 Å². The van der Waals surface area contributed by atoms with Crippen LogP contribution in [0.5, 0.6) is 0 Å². The van der Waals surface area contributed by atoms with Crippen LogP contribution in [-0.4, -0.2) is 33.0 Å². The topological polar surface area (TPSA) is 25.8 Å². The maximum absolute atomic E-state index is 3.62. The van der Waals surface area contributed by atoms with Crippen molar-refractivity contribution < 1.29 is 12.4 Å². The number of aromatic nitrogens is 2. The van der Waals surface area contributed by atoms with Crippen LogP contribution in [0.15, 0.2) is 18.7 Å². The summed E-state index contributed by atoms with van der Waals surface area (Å²) < 4.78 is 0. The SMILES string of the molecule is [Cl-].[Mg+2].[c-]1cncnc1. The zero-order valence-corrected chi connectivity index (χ0v) is 6.38. The van der Waals surface area contributed by atoms with Crippen molar-refractivity contribution in [2.24, 2.45) is 0 Å². The summed E-state index contributed by atoms with van der Waals surface area (Å²) in [6.07, 6.45) is 4.59. The molecule has 0 aliphatic heterocycles. The van der Waals surface area contributed by atoms with Crippen LogP contribution in [0.25, 0.3) is 0 Å². The Morgan fingerprint density at radius 3 is 1.75 bits per heavy atom. The second-order valence-corrected chi connectivity index (χ2v) is 0.838. The molecule has 0 amide bonds. The Morgan fingerprint density at radius 1 is 1.12 bits per heavy atom. The molecule has 0 spiro atoms. The second-order valence-electron chi connectivity index (χ2n) is 0.838. The average Bonchev–Trinajstić information content (AvgIpc) is 1.72. The van der Waals surface area contributed by atoms with Crippen LogP contribution in [0.3, 0.4) is 0 Å². The van der Waals surface area contributed by atoms with E-state index in [4.69, 9.17) is 0 Å². The molecule has 38 valence electrons. The molecule has 0 fully saturated rings. The van der Waals surface area contributed by atoms with E-state index in [9.17, 15) is 0 Å². The van der Waals surface area contributed by atoms with Crippen molar-refractivity contribution >= 4 is 23.1 Å². The molecule has 1 aromatic rings. The van der Waals surface area contributed by atoms with E-state index in [0.29, 0.717) is 0 Å². The molecule has 1 heterocycles. The zero-order chi connectivity index (χ0) is 4.24. The molecule has 0 radical (unpaired) electrons. The van der Waals surface area contributed by atoms with E-state index in [-0.39, 0.29) is 35.5 Å². The van der Waals surface area contributed by atoms with Gasteiger partial charge < -0.3 is 18.5 Å². The molecule has 0 aliphatic carbocycles. The molecule has 0 bridgehead atoms. The van der Waals surface area contributed by atoms with Gasteiger partial charge in [-0.15, -0.1) is 12.4 Å². The maximum atomic E-state index is 3.62. The molecule has 0 atom stereocenters. The van der Waals surface area contributed by atoms with Crippen LogP contribution in [0.1, 0.15) is 0 Å². The van der Waals surface area contributed by atoms with Gasteiger partial charge in [-0.05, 0) is 0 Å². The summed E-state index contributed by atoms with van der Waals surface area (Å²) in [5, 5.41) is 0. The zero-order valence-electron chi connectivity index (χ0n) is 4.21. The number of hydrogen-bond donors (Lipinski definition) is 0. The van der Waals surface area contributed by atoms with Crippen LogP contribution in [-0.2, 0) is 0 Å². The van der Waals surface area contributed by atoms with E-state index >= 15 is 0 Å². The van der Waals surface area contributed by atoms with Gasteiger partial charge in [0.05, 0.1) is 0 Å². The van der Waals surface area contributed by atoms with Gasteiger partial charge in [0.25, 0.3) is 0 Å². The summed E-state index contributed by atoms with van der Waals surface area (Å²) in [4.78, 5) is 7.24. The molecule has 0 saturated heterocycles. The van der Waals surface area contributed by atoms with Crippen molar-refractivity contribution in [3.05, 3.63) is 24.8 Å². The molecule has 0 aliphatic rings. The number of nitrogens with zero attached hydrogens (tertiary/aromatic N) is 2. The number of rotatable bonds is 0. The summed E-state index contributed by atoms with van der Waals surface area (Å²) in [5.74, 6) is 0. The van der Waals surface area contributed by atoms with Crippen molar-refractivity contribution in [2.75, 3.05) is 0 Å². The number of hydrogen-bond acceptors (Lipinski definition) is 2. The van der Waals surface area contributed by atoms with Gasteiger partial charge in [0, 0.05) is 0 Å². The molecule has 1 aromatic heterocycles. The largest absolute Gasteiger partial charge is 2.00 e. The maximum Gasteiger partial charge on any atom is 2.00 e. The summed E-state index contributed by atoms with van der Waals surface area (Å²) in [6, 6.07) is 2.67. The van der Waals surface area contributed by atoms with Gasteiger partial charge in [-0.3, -0.25) is 9.97 Å². The molecule has 4 heteroatoms. The van der Waals surface area contributed by atoms with Gasteiger partial charge in [0.2, 0.25) is 0 Å². The predicted molar refractivity (Wildman–Crippen MR) is 26.6 cm³/mol. The Kier molecular flexibility index (Phi) is 9.82. The first kappa shape index (κ1) is 11.0. The fourth-order valence-corrected chi connectivity index (χ4v) is 0.225. The predicted octanol–water partition coefficient (Wildman–Crippen LogP) is -3.10. The first-order valence-corrected chi connectivity index (χ1v) is 1.61. The van der Waals surface area contributed by atoms with Crippen molar-refractivity contribution in [2.45, 2.75) is 0 Å². The fraction of sp³-hybridized carbons (Fsp3) is 0. The summed E-state index contributed by atoms with van der Waals surface area (Å²) in [5.41, 5.74) is 0. The first-order valence-electron chi connectivity index (χ1n) is 1.61. The van der Waals surface area contributed by atoms with E-state index in [1.54, 1.807) is 12.4 Å². The van der Waals surface area contributed by atoms with Crippen molar-refractivity contribution in [1.82, 2.24) is 9.97 Å². The van der Waals surface area contributed by atoms with Crippen LogP contribution >= 0.6 is 0 Å². The summed E-state index contributed by atoms with van der Waals surface area (Å²) >= 11 is 0. The van der Waals surface area contributed by atoms with Gasteiger partial charge in [0.1, 0.15) is 6.33 Å². The Morgan fingerprint density at radius 2 is 1.62 bits per heavy atom. The third kappa shape index (κ3) is 4.30. The minimum atomic E-state index is 0.